The molecule has 0 aliphatic carbocycles. The van der Waals surface area contributed by atoms with Crippen LogP contribution in [0.15, 0.2) is 0 Å². The lowest BCUT2D eigenvalue weighted by atomic mass is 10.0. The fourth-order valence-electron chi connectivity index (χ4n) is 2.02. The zero-order valence-corrected chi connectivity index (χ0v) is 8.69. The topological polar surface area (TPSA) is 15.3 Å². The van der Waals surface area contributed by atoms with Crippen LogP contribution >= 0.6 is 0 Å². The third kappa shape index (κ3) is 2.46. The van der Waals surface area contributed by atoms with Crippen LogP contribution in [0.2, 0.25) is 0 Å². The van der Waals surface area contributed by atoms with E-state index in [0.29, 0.717) is 5.54 Å². The molecule has 1 fully saturated rings. The van der Waals surface area contributed by atoms with Crippen LogP contribution in [0, 0.1) is 0 Å². The van der Waals surface area contributed by atoms with Gasteiger partial charge in [-0.25, -0.2) is 0 Å². The van der Waals surface area contributed by atoms with E-state index >= 15 is 0 Å². The van der Waals surface area contributed by atoms with Gasteiger partial charge in [0.2, 0.25) is 0 Å². The molecule has 1 N–H and O–H groups in total. The minimum Gasteiger partial charge on any atom is -0.320 e. The first-order chi connectivity index (χ1) is 5.67. The molecule has 1 aliphatic rings. The Labute approximate surface area is 76.3 Å². The van der Waals surface area contributed by atoms with Crippen molar-refractivity contribution >= 4 is 0 Å². The first-order valence-electron chi connectivity index (χ1n) is 5.06. The van der Waals surface area contributed by atoms with Gasteiger partial charge in [0.05, 0.1) is 0 Å². The van der Waals surface area contributed by atoms with Crippen LogP contribution in [0.3, 0.4) is 0 Å². The highest BCUT2D eigenvalue weighted by Crippen LogP contribution is 2.27. The highest BCUT2D eigenvalue weighted by molar-refractivity contribution is 4.87. The van der Waals surface area contributed by atoms with E-state index in [1.807, 2.05) is 7.05 Å². The van der Waals surface area contributed by atoms with Gasteiger partial charge in [0.1, 0.15) is 0 Å². The van der Waals surface area contributed by atoms with Crippen molar-refractivity contribution in [3.8, 4) is 0 Å². The molecular weight excluding hydrogens is 148 g/mol. The van der Waals surface area contributed by atoms with Crippen molar-refractivity contribution < 1.29 is 0 Å². The highest BCUT2D eigenvalue weighted by atomic mass is 15.2. The van der Waals surface area contributed by atoms with E-state index in [9.17, 15) is 0 Å². The summed E-state index contributed by atoms with van der Waals surface area (Å²) in [6.07, 6.45) is 4.03. The van der Waals surface area contributed by atoms with E-state index in [4.69, 9.17) is 0 Å². The lowest BCUT2D eigenvalue weighted by molar-refractivity contribution is 0.173. The van der Waals surface area contributed by atoms with Crippen LogP contribution in [-0.2, 0) is 0 Å². The Balaban J connectivity index is 2.22. The zero-order chi connectivity index (χ0) is 9.03. The summed E-state index contributed by atoms with van der Waals surface area (Å²) in [6.45, 7) is 8.43. The van der Waals surface area contributed by atoms with Gasteiger partial charge in [-0.2, -0.15) is 0 Å². The van der Waals surface area contributed by atoms with E-state index in [0.717, 1.165) is 6.54 Å². The number of hydrogen-bond donors (Lipinski definition) is 1. The van der Waals surface area contributed by atoms with Crippen molar-refractivity contribution in [3.63, 3.8) is 0 Å². The summed E-state index contributed by atoms with van der Waals surface area (Å²) in [5.74, 6) is 0. The minimum absolute atomic E-state index is 0.466. The summed E-state index contributed by atoms with van der Waals surface area (Å²) >= 11 is 0. The molecule has 0 amide bonds. The summed E-state index contributed by atoms with van der Waals surface area (Å²) in [7, 11) is 2.02. The molecule has 0 atom stereocenters. The predicted molar refractivity (Wildman–Crippen MR) is 53.4 cm³/mol. The third-order valence-electron chi connectivity index (χ3n) is 2.93. The zero-order valence-electron chi connectivity index (χ0n) is 8.69. The Bertz CT molecular complexity index is 132. The maximum absolute atomic E-state index is 3.19. The Morgan fingerprint density at radius 1 is 1.42 bits per heavy atom. The molecule has 0 bridgehead atoms. The van der Waals surface area contributed by atoms with Crippen molar-refractivity contribution in [2.24, 2.45) is 0 Å². The Hall–Kier alpha value is -0.0800. The van der Waals surface area contributed by atoms with Crippen molar-refractivity contribution in [3.05, 3.63) is 0 Å². The molecule has 0 radical (unpaired) electrons. The molecule has 72 valence electrons. The SMILES string of the molecule is CNCCCN1CCCC1(C)C. The molecule has 0 spiro atoms. The molecule has 0 saturated carbocycles. The van der Waals surface area contributed by atoms with Crippen LogP contribution in [-0.4, -0.2) is 37.1 Å². The molecule has 2 heteroatoms. The van der Waals surface area contributed by atoms with E-state index in [2.05, 4.69) is 24.1 Å². The van der Waals surface area contributed by atoms with Gasteiger partial charge in [0.15, 0.2) is 0 Å². The number of nitrogens with zero attached hydrogens (tertiary/aromatic N) is 1. The molecule has 0 aromatic carbocycles. The fraction of sp³-hybridized carbons (Fsp3) is 1.00. The summed E-state index contributed by atoms with van der Waals surface area (Å²) < 4.78 is 0. The van der Waals surface area contributed by atoms with Crippen molar-refractivity contribution in [1.29, 1.82) is 0 Å². The maximum atomic E-state index is 3.19. The second-order valence-corrected chi connectivity index (χ2v) is 4.36. The number of rotatable bonds is 4. The average molecular weight is 170 g/mol. The smallest absolute Gasteiger partial charge is 0.0153 e. The summed E-state index contributed by atoms with van der Waals surface area (Å²) in [6, 6.07) is 0. The number of likely N-dealkylation sites (tertiary alicyclic amines) is 1. The summed E-state index contributed by atoms with van der Waals surface area (Å²) in [5.41, 5.74) is 0.466. The lowest BCUT2D eigenvalue weighted by Crippen LogP contribution is -2.39. The van der Waals surface area contributed by atoms with Gasteiger partial charge in [0.25, 0.3) is 0 Å². The van der Waals surface area contributed by atoms with Crippen LogP contribution in [0.4, 0.5) is 0 Å². The third-order valence-corrected chi connectivity index (χ3v) is 2.93. The first-order valence-corrected chi connectivity index (χ1v) is 5.06. The van der Waals surface area contributed by atoms with Gasteiger partial charge in [-0.3, -0.25) is 4.90 Å². The van der Waals surface area contributed by atoms with Crippen LogP contribution < -0.4 is 5.32 Å². The van der Waals surface area contributed by atoms with Gasteiger partial charge < -0.3 is 5.32 Å². The second-order valence-electron chi connectivity index (χ2n) is 4.36. The quantitative estimate of drug-likeness (QED) is 0.643. The molecule has 12 heavy (non-hydrogen) atoms. The van der Waals surface area contributed by atoms with Gasteiger partial charge in [-0.05, 0) is 59.8 Å². The van der Waals surface area contributed by atoms with Gasteiger partial charge in [-0.15, -0.1) is 0 Å². The Morgan fingerprint density at radius 2 is 2.17 bits per heavy atom. The highest BCUT2D eigenvalue weighted by Gasteiger charge is 2.30. The molecule has 0 aromatic rings. The molecule has 1 aliphatic heterocycles. The largest absolute Gasteiger partial charge is 0.320 e. The summed E-state index contributed by atoms with van der Waals surface area (Å²) in [4.78, 5) is 2.62. The van der Waals surface area contributed by atoms with Gasteiger partial charge >= 0.3 is 0 Å². The second kappa shape index (κ2) is 4.24. The van der Waals surface area contributed by atoms with E-state index in [-0.39, 0.29) is 0 Å². The molecule has 0 unspecified atom stereocenters. The van der Waals surface area contributed by atoms with Crippen LogP contribution in [0.5, 0.6) is 0 Å². The van der Waals surface area contributed by atoms with E-state index in [1.165, 1.54) is 32.4 Å². The average Bonchev–Trinajstić information content (AvgIpc) is 2.32. The molecule has 1 saturated heterocycles. The van der Waals surface area contributed by atoms with Crippen molar-refractivity contribution in [1.82, 2.24) is 10.2 Å². The van der Waals surface area contributed by atoms with Crippen LogP contribution in [0.1, 0.15) is 33.1 Å². The van der Waals surface area contributed by atoms with E-state index < -0.39 is 0 Å². The van der Waals surface area contributed by atoms with Crippen molar-refractivity contribution in [2.45, 2.75) is 38.6 Å². The predicted octanol–water partition coefficient (Wildman–Crippen LogP) is 1.47. The normalized spacial score (nSPS) is 23.2. The molecule has 0 aromatic heterocycles. The molecular formula is C10H22N2. The monoisotopic (exact) mass is 170 g/mol. The van der Waals surface area contributed by atoms with Crippen molar-refractivity contribution in [2.75, 3.05) is 26.7 Å². The van der Waals surface area contributed by atoms with Gasteiger partial charge in [0, 0.05) is 5.54 Å². The minimum atomic E-state index is 0.466. The van der Waals surface area contributed by atoms with Gasteiger partial charge in [-0.1, -0.05) is 0 Å². The summed E-state index contributed by atoms with van der Waals surface area (Å²) in [5, 5.41) is 3.19. The Kier molecular flexibility index (Phi) is 3.53. The van der Waals surface area contributed by atoms with E-state index in [1.54, 1.807) is 0 Å². The molecule has 1 rings (SSSR count). The maximum Gasteiger partial charge on any atom is 0.0153 e. The first kappa shape index (κ1) is 10.0. The fourth-order valence-corrected chi connectivity index (χ4v) is 2.02. The Morgan fingerprint density at radius 3 is 2.67 bits per heavy atom. The lowest BCUT2D eigenvalue weighted by Gasteiger charge is -2.31. The number of hydrogen-bond acceptors (Lipinski definition) is 2. The number of nitrogens with one attached hydrogen (secondary N) is 1. The molecule has 2 nitrogen and oxygen atoms in total. The molecule has 1 heterocycles. The van der Waals surface area contributed by atoms with Crippen LogP contribution in [0.25, 0.3) is 0 Å². The standard InChI is InChI=1S/C10H22N2/c1-10(2)6-4-8-12(10)9-5-7-11-3/h11H,4-9H2,1-3H3.